The van der Waals surface area contributed by atoms with Crippen LogP contribution in [0, 0.1) is 27.6 Å². The highest BCUT2D eigenvalue weighted by atomic mass is 19.2. The van der Waals surface area contributed by atoms with Gasteiger partial charge in [0.15, 0.2) is 5.82 Å². The molecule has 0 N–H and O–H groups in total. The van der Waals surface area contributed by atoms with Gasteiger partial charge in [-0.2, -0.15) is 4.39 Å². The fraction of sp³-hybridized carbons (Fsp3) is 0.462. The van der Waals surface area contributed by atoms with Gasteiger partial charge in [-0.25, -0.2) is 8.78 Å². The van der Waals surface area contributed by atoms with E-state index in [0.29, 0.717) is 19.2 Å². The van der Waals surface area contributed by atoms with E-state index in [1.165, 1.54) is 4.90 Å². The summed E-state index contributed by atoms with van der Waals surface area (Å²) in [6, 6.07) is 0.459. The summed E-state index contributed by atoms with van der Waals surface area (Å²) < 4.78 is 40.4. The minimum Gasteiger partial charge on any atom is -0.339 e. The number of carbonyl (C=O) groups is 1. The van der Waals surface area contributed by atoms with Crippen molar-refractivity contribution in [3.05, 3.63) is 39.2 Å². The molecule has 8 heteroatoms. The zero-order valence-corrected chi connectivity index (χ0v) is 11.1. The van der Waals surface area contributed by atoms with Crippen LogP contribution in [0.25, 0.3) is 0 Å². The summed E-state index contributed by atoms with van der Waals surface area (Å²) in [5.74, 6) is -6.43. The molecule has 114 valence electrons. The van der Waals surface area contributed by atoms with E-state index in [2.05, 4.69) is 0 Å². The molecule has 1 aliphatic heterocycles. The van der Waals surface area contributed by atoms with Crippen molar-refractivity contribution in [1.82, 2.24) is 4.90 Å². The third kappa shape index (κ3) is 2.98. The van der Waals surface area contributed by atoms with Gasteiger partial charge in [-0.1, -0.05) is 12.8 Å². The molecule has 5 nitrogen and oxygen atoms in total. The van der Waals surface area contributed by atoms with Gasteiger partial charge in [0, 0.05) is 19.2 Å². The zero-order valence-electron chi connectivity index (χ0n) is 11.1. The van der Waals surface area contributed by atoms with Crippen molar-refractivity contribution < 1.29 is 22.9 Å². The number of rotatable bonds is 2. The largest absolute Gasteiger partial charge is 0.339 e. The number of amides is 1. The third-order valence-corrected chi connectivity index (χ3v) is 3.45. The lowest BCUT2D eigenvalue weighted by Gasteiger charge is -2.20. The predicted molar refractivity (Wildman–Crippen MR) is 67.3 cm³/mol. The van der Waals surface area contributed by atoms with E-state index in [1.54, 1.807) is 0 Å². The van der Waals surface area contributed by atoms with Crippen LogP contribution in [0.15, 0.2) is 6.07 Å². The fourth-order valence-electron chi connectivity index (χ4n) is 2.32. The van der Waals surface area contributed by atoms with Crippen LogP contribution >= 0.6 is 0 Å². The Balaban J connectivity index is 2.42. The van der Waals surface area contributed by atoms with Crippen molar-refractivity contribution in [2.24, 2.45) is 0 Å². The Morgan fingerprint density at radius 3 is 2.14 bits per heavy atom. The van der Waals surface area contributed by atoms with Gasteiger partial charge in [-0.15, -0.1) is 0 Å². The molecule has 1 heterocycles. The molecule has 1 fully saturated rings. The molecule has 1 aromatic rings. The summed E-state index contributed by atoms with van der Waals surface area (Å²) >= 11 is 0. The maximum absolute atomic E-state index is 13.7. The lowest BCUT2D eigenvalue weighted by molar-refractivity contribution is -0.387. The van der Waals surface area contributed by atoms with Gasteiger partial charge >= 0.3 is 5.69 Å². The maximum atomic E-state index is 13.7. The summed E-state index contributed by atoms with van der Waals surface area (Å²) in [5, 5.41) is 10.6. The number of hydrogen-bond donors (Lipinski definition) is 0. The first-order valence-corrected chi connectivity index (χ1v) is 6.54. The summed E-state index contributed by atoms with van der Waals surface area (Å²) in [6.07, 6.45) is 3.28. The average Bonchev–Trinajstić information content (AvgIpc) is 2.73. The first-order chi connectivity index (χ1) is 9.93. The fourth-order valence-corrected chi connectivity index (χ4v) is 2.32. The third-order valence-electron chi connectivity index (χ3n) is 3.45. The predicted octanol–water partition coefficient (Wildman–Crippen LogP) is 3.03. The van der Waals surface area contributed by atoms with Crippen molar-refractivity contribution in [3.8, 4) is 0 Å². The van der Waals surface area contributed by atoms with E-state index in [9.17, 15) is 28.1 Å². The molecule has 0 unspecified atom stereocenters. The maximum Gasteiger partial charge on any atom is 0.308 e. The highest BCUT2D eigenvalue weighted by molar-refractivity contribution is 5.95. The Kier molecular flexibility index (Phi) is 4.44. The first kappa shape index (κ1) is 15.3. The number of hydrogen-bond acceptors (Lipinski definition) is 3. The molecule has 1 aromatic carbocycles. The normalized spacial score (nSPS) is 15.7. The van der Waals surface area contributed by atoms with Crippen LogP contribution in [-0.2, 0) is 0 Å². The Morgan fingerprint density at radius 2 is 1.62 bits per heavy atom. The minimum atomic E-state index is -2.00. The Labute approximate surface area is 118 Å². The van der Waals surface area contributed by atoms with Gasteiger partial charge in [-0.3, -0.25) is 14.9 Å². The van der Waals surface area contributed by atoms with E-state index in [-0.39, 0.29) is 0 Å². The molecule has 0 aromatic heterocycles. The molecule has 0 spiro atoms. The number of halogens is 3. The zero-order chi connectivity index (χ0) is 15.6. The molecule has 0 radical (unpaired) electrons. The molecule has 1 aliphatic rings. The van der Waals surface area contributed by atoms with Crippen LogP contribution in [0.3, 0.4) is 0 Å². The van der Waals surface area contributed by atoms with E-state index in [4.69, 9.17) is 0 Å². The quantitative estimate of drug-likeness (QED) is 0.479. The van der Waals surface area contributed by atoms with E-state index in [0.717, 1.165) is 25.7 Å². The lowest BCUT2D eigenvalue weighted by atomic mass is 10.1. The second-order valence-electron chi connectivity index (χ2n) is 4.85. The summed E-state index contributed by atoms with van der Waals surface area (Å²) in [6.45, 7) is 0.732. The second-order valence-corrected chi connectivity index (χ2v) is 4.85. The van der Waals surface area contributed by atoms with Crippen LogP contribution in [0.5, 0.6) is 0 Å². The first-order valence-electron chi connectivity index (χ1n) is 6.54. The standard InChI is InChI=1S/C13H13F3N2O3/c14-10-8(7-9(18(20)21)11(15)12(10)16)13(19)17-5-3-1-2-4-6-17/h7H,1-6H2. The van der Waals surface area contributed by atoms with Crippen LogP contribution in [0.2, 0.25) is 0 Å². The van der Waals surface area contributed by atoms with Crippen LogP contribution in [0.1, 0.15) is 36.0 Å². The molecule has 0 bridgehead atoms. The van der Waals surface area contributed by atoms with Gasteiger partial charge in [0.25, 0.3) is 5.91 Å². The SMILES string of the molecule is O=C(c1cc([N+](=O)[O-])c(F)c(F)c1F)N1CCCCCC1. The minimum absolute atomic E-state index is 0.366. The van der Waals surface area contributed by atoms with Gasteiger partial charge in [0.05, 0.1) is 10.5 Å². The van der Waals surface area contributed by atoms with Crippen molar-refractivity contribution in [3.63, 3.8) is 0 Å². The highest BCUT2D eigenvalue weighted by Crippen LogP contribution is 2.26. The molecule has 2 rings (SSSR count). The molecular formula is C13H13F3N2O3. The van der Waals surface area contributed by atoms with Gasteiger partial charge in [0.1, 0.15) is 0 Å². The topological polar surface area (TPSA) is 63.4 Å². The average molecular weight is 302 g/mol. The van der Waals surface area contributed by atoms with E-state index in [1.807, 2.05) is 0 Å². The molecular weight excluding hydrogens is 289 g/mol. The molecule has 0 aliphatic carbocycles. The number of carbonyl (C=O) groups excluding carboxylic acids is 1. The summed E-state index contributed by atoms with van der Waals surface area (Å²) in [5.41, 5.74) is -2.05. The number of likely N-dealkylation sites (tertiary alicyclic amines) is 1. The summed E-state index contributed by atoms with van der Waals surface area (Å²) in [7, 11) is 0. The van der Waals surface area contributed by atoms with Crippen LogP contribution in [-0.4, -0.2) is 28.8 Å². The molecule has 0 saturated carbocycles. The number of nitro benzene ring substituents is 1. The number of nitro groups is 1. The Bertz CT molecular complexity index is 585. The Hall–Kier alpha value is -2.12. The van der Waals surface area contributed by atoms with Crippen molar-refractivity contribution >= 4 is 11.6 Å². The van der Waals surface area contributed by atoms with Gasteiger partial charge in [-0.05, 0) is 12.8 Å². The lowest BCUT2D eigenvalue weighted by Crippen LogP contribution is -2.32. The second kappa shape index (κ2) is 6.11. The molecule has 1 amide bonds. The smallest absolute Gasteiger partial charge is 0.308 e. The summed E-state index contributed by atoms with van der Waals surface area (Å²) in [4.78, 5) is 23.0. The van der Waals surface area contributed by atoms with Gasteiger partial charge < -0.3 is 4.90 Å². The van der Waals surface area contributed by atoms with Crippen LogP contribution in [0.4, 0.5) is 18.9 Å². The van der Waals surface area contributed by atoms with Crippen molar-refractivity contribution in [1.29, 1.82) is 0 Å². The van der Waals surface area contributed by atoms with Crippen molar-refractivity contribution in [2.75, 3.05) is 13.1 Å². The van der Waals surface area contributed by atoms with Crippen LogP contribution < -0.4 is 0 Å². The monoisotopic (exact) mass is 302 g/mol. The van der Waals surface area contributed by atoms with E-state index >= 15 is 0 Å². The van der Waals surface area contributed by atoms with E-state index < -0.39 is 39.5 Å². The number of benzene rings is 1. The molecule has 1 saturated heterocycles. The molecule has 21 heavy (non-hydrogen) atoms. The van der Waals surface area contributed by atoms with Crippen molar-refractivity contribution in [2.45, 2.75) is 25.7 Å². The molecule has 0 atom stereocenters. The highest BCUT2D eigenvalue weighted by Gasteiger charge is 2.30. The Morgan fingerprint density at radius 1 is 1.05 bits per heavy atom. The van der Waals surface area contributed by atoms with Gasteiger partial charge in [0.2, 0.25) is 11.6 Å². The number of nitrogens with zero attached hydrogens (tertiary/aromatic N) is 2.